The first-order valence-electron chi connectivity index (χ1n) is 7.80. The van der Waals surface area contributed by atoms with Crippen molar-refractivity contribution >= 4 is 17.3 Å². The quantitative estimate of drug-likeness (QED) is 0.837. The number of pyridine rings is 1. The van der Waals surface area contributed by atoms with Crippen LogP contribution in [0.3, 0.4) is 0 Å². The van der Waals surface area contributed by atoms with Crippen molar-refractivity contribution in [2.75, 3.05) is 5.32 Å². The summed E-state index contributed by atoms with van der Waals surface area (Å²) in [6.45, 7) is 1.56. The number of hydrogen-bond donors (Lipinski definition) is 1. The standard InChI is InChI=1S/C18H16F2N2O/c1-9(23)13-8-21-18(17-11-3-2-10(6-11)16(13)17)22-12-4-5-14(19)15(20)7-12/h4-5,7-8,10-11H,2-3,6H2,1H3,(H,21,22). The van der Waals surface area contributed by atoms with E-state index in [1.54, 1.807) is 13.1 Å². The van der Waals surface area contributed by atoms with Gasteiger partial charge in [-0.05, 0) is 55.7 Å². The van der Waals surface area contributed by atoms with Crippen molar-refractivity contribution in [3.63, 3.8) is 0 Å². The van der Waals surface area contributed by atoms with Gasteiger partial charge in [0, 0.05) is 29.1 Å². The highest BCUT2D eigenvalue weighted by molar-refractivity contribution is 5.96. The van der Waals surface area contributed by atoms with Gasteiger partial charge in [-0.1, -0.05) is 0 Å². The fourth-order valence-electron chi connectivity index (χ4n) is 3.99. The van der Waals surface area contributed by atoms with Gasteiger partial charge in [-0.25, -0.2) is 13.8 Å². The number of hydrogen-bond acceptors (Lipinski definition) is 3. The largest absolute Gasteiger partial charge is 0.340 e. The van der Waals surface area contributed by atoms with Gasteiger partial charge >= 0.3 is 0 Å². The predicted octanol–water partition coefficient (Wildman–Crippen LogP) is 4.67. The topological polar surface area (TPSA) is 42.0 Å². The molecule has 2 aliphatic carbocycles. The lowest BCUT2D eigenvalue weighted by atomic mass is 9.88. The Morgan fingerprint density at radius 2 is 1.91 bits per heavy atom. The van der Waals surface area contributed by atoms with Crippen LogP contribution < -0.4 is 5.32 Å². The summed E-state index contributed by atoms with van der Waals surface area (Å²) in [4.78, 5) is 16.3. The molecule has 2 atom stereocenters. The van der Waals surface area contributed by atoms with Gasteiger partial charge in [0.25, 0.3) is 0 Å². The van der Waals surface area contributed by atoms with Gasteiger partial charge in [0.15, 0.2) is 17.4 Å². The summed E-state index contributed by atoms with van der Waals surface area (Å²) in [5.74, 6) is -0.269. The fourth-order valence-corrected chi connectivity index (χ4v) is 3.99. The Labute approximate surface area is 132 Å². The molecule has 0 saturated heterocycles. The molecule has 0 spiro atoms. The molecule has 2 aliphatic rings. The van der Waals surface area contributed by atoms with Crippen LogP contribution >= 0.6 is 0 Å². The number of halogens is 2. The highest BCUT2D eigenvalue weighted by Crippen LogP contribution is 2.56. The fraction of sp³-hybridized carbons (Fsp3) is 0.333. The Morgan fingerprint density at radius 3 is 2.61 bits per heavy atom. The van der Waals surface area contributed by atoms with Crippen molar-refractivity contribution in [1.82, 2.24) is 4.98 Å². The van der Waals surface area contributed by atoms with E-state index in [9.17, 15) is 13.6 Å². The molecule has 0 amide bonds. The van der Waals surface area contributed by atoms with E-state index in [4.69, 9.17) is 0 Å². The van der Waals surface area contributed by atoms with E-state index in [1.807, 2.05) is 0 Å². The molecule has 1 fully saturated rings. The van der Waals surface area contributed by atoms with Crippen molar-refractivity contribution in [1.29, 1.82) is 0 Å². The Kier molecular flexibility index (Phi) is 3.18. The molecule has 23 heavy (non-hydrogen) atoms. The van der Waals surface area contributed by atoms with Crippen molar-refractivity contribution < 1.29 is 13.6 Å². The molecule has 0 radical (unpaired) electrons. The van der Waals surface area contributed by atoms with Crippen molar-refractivity contribution in [3.8, 4) is 0 Å². The van der Waals surface area contributed by atoms with Crippen LogP contribution in [0, 0.1) is 11.6 Å². The second kappa shape index (κ2) is 5.11. The number of ketones is 1. The van der Waals surface area contributed by atoms with Gasteiger partial charge in [0.1, 0.15) is 5.82 Å². The van der Waals surface area contributed by atoms with Gasteiger partial charge in [0.05, 0.1) is 0 Å². The number of nitrogens with one attached hydrogen (secondary N) is 1. The van der Waals surface area contributed by atoms with Crippen molar-refractivity contribution in [3.05, 3.63) is 52.7 Å². The average molecular weight is 314 g/mol. The van der Waals surface area contributed by atoms with E-state index in [1.165, 1.54) is 6.07 Å². The number of carbonyl (C=O) groups excluding carboxylic acids is 1. The third-order valence-corrected chi connectivity index (χ3v) is 4.97. The van der Waals surface area contributed by atoms with Crippen LogP contribution in [0.4, 0.5) is 20.3 Å². The molecule has 1 heterocycles. The molecule has 5 heteroatoms. The minimum atomic E-state index is -0.895. The maximum Gasteiger partial charge on any atom is 0.161 e. The highest BCUT2D eigenvalue weighted by Gasteiger charge is 2.41. The van der Waals surface area contributed by atoms with Gasteiger partial charge in [0.2, 0.25) is 0 Å². The van der Waals surface area contributed by atoms with Gasteiger partial charge < -0.3 is 5.32 Å². The molecule has 2 aromatic rings. The normalized spacial score (nSPS) is 21.3. The van der Waals surface area contributed by atoms with Crippen LogP contribution in [-0.2, 0) is 0 Å². The number of nitrogens with zero attached hydrogens (tertiary/aromatic N) is 1. The molecule has 1 N–H and O–H groups in total. The first-order valence-corrected chi connectivity index (χ1v) is 7.80. The third kappa shape index (κ3) is 2.22. The summed E-state index contributed by atoms with van der Waals surface area (Å²) in [5, 5.41) is 3.09. The number of rotatable bonds is 3. The Balaban J connectivity index is 1.78. The maximum absolute atomic E-state index is 13.4. The SMILES string of the molecule is CC(=O)c1cnc(Nc2ccc(F)c(F)c2)c2c1C1CCC2C1. The van der Waals surface area contributed by atoms with Crippen molar-refractivity contribution in [2.24, 2.45) is 0 Å². The number of benzene rings is 1. The lowest BCUT2D eigenvalue weighted by Crippen LogP contribution is -2.10. The molecular formula is C18H16F2N2O. The van der Waals surface area contributed by atoms with Crippen LogP contribution in [0.25, 0.3) is 0 Å². The van der Waals surface area contributed by atoms with Crippen LogP contribution in [0.2, 0.25) is 0 Å². The molecule has 2 unspecified atom stereocenters. The van der Waals surface area contributed by atoms with E-state index in [-0.39, 0.29) is 5.78 Å². The zero-order chi connectivity index (χ0) is 16.1. The summed E-state index contributed by atoms with van der Waals surface area (Å²) < 4.78 is 26.5. The molecule has 3 nitrogen and oxygen atoms in total. The first-order chi connectivity index (χ1) is 11.0. The van der Waals surface area contributed by atoms with Crippen LogP contribution in [0.15, 0.2) is 24.4 Å². The smallest absolute Gasteiger partial charge is 0.161 e. The molecule has 4 rings (SSSR count). The summed E-state index contributed by atoms with van der Waals surface area (Å²) in [6.07, 6.45) is 4.84. The lowest BCUT2D eigenvalue weighted by Gasteiger charge is -2.21. The number of Topliss-reactive ketones (excluding diaryl/α,β-unsaturated/α-hetero) is 1. The third-order valence-electron chi connectivity index (χ3n) is 4.97. The molecular weight excluding hydrogens is 298 g/mol. The van der Waals surface area contributed by atoms with E-state index in [0.717, 1.165) is 42.5 Å². The number of anilines is 2. The summed E-state index contributed by atoms with van der Waals surface area (Å²) in [7, 11) is 0. The van der Waals surface area contributed by atoms with Crippen molar-refractivity contribution in [2.45, 2.75) is 38.0 Å². The van der Waals surface area contributed by atoms with E-state index < -0.39 is 11.6 Å². The number of aromatic nitrogens is 1. The minimum absolute atomic E-state index is 0.0284. The number of carbonyl (C=O) groups is 1. The zero-order valence-electron chi connectivity index (χ0n) is 12.7. The molecule has 2 bridgehead atoms. The Bertz CT molecular complexity index is 819. The number of fused-ring (bicyclic) bond motifs is 5. The van der Waals surface area contributed by atoms with E-state index >= 15 is 0 Å². The Hall–Kier alpha value is -2.30. The average Bonchev–Trinajstić information content (AvgIpc) is 3.13. The second-order valence-electron chi connectivity index (χ2n) is 6.36. The van der Waals surface area contributed by atoms with Crippen LogP contribution in [0.1, 0.15) is 59.5 Å². The second-order valence-corrected chi connectivity index (χ2v) is 6.36. The van der Waals surface area contributed by atoms with E-state index in [0.29, 0.717) is 28.9 Å². The minimum Gasteiger partial charge on any atom is -0.340 e. The highest BCUT2D eigenvalue weighted by atomic mass is 19.2. The molecule has 118 valence electrons. The van der Waals surface area contributed by atoms with Crippen LogP contribution in [0.5, 0.6) is 0 Å². The first kappa shape index (κ1) is 14.3. The maximum atomic E-state index is 13.4. The van der Waals surface area contributed by atoms with Crippen LogP contribution in [-0.4, -0.2) is 10.8 Å². The molecule has 1 aromatic heterocycles. The lowest BCUT2D eigenvalue weighted by molar-refractivity contribution is 0.101. The monoisotopic (exact) mass is 314 g/mol. The zero-order valence-corrected chi connectivity index (χ0v) is 12.7. The molecule has 0 aliphatic heterocycles. The van der Waals surface area contributed by atoms with Gasteiger partial charge in [-0.2, -0.15) is 0 Å². The predicted molar refractivity (Wildman–Crippen MR) is 83.2 cm³/mol. The van der Waals surface area contributed by atoms with Gasteiger partial charge in [-0.3, -0.25) is 4.79 Å². The summed E-state index contributed by atoms with van der Waals surface area (Å²) in [6, 6.07) is 3.70. The summed E-state index contributed by atoms with van der Waals surface area (Å²) in [5.41, 5.74) is 3.34. The Morgan fingerprint density at radius 1 is 1.17 bits per heavy atom. The molecule has 1 aromatic carbocycles. The van der Waals surface area contributed by atoms with E-state index in [2.05, 4.69) is 10.3 Å². The van der Waals surface area contributed by atoms with Gasteiger partial charge in [-0.15, -0.1) is 0 Å². The summed E-state index contributed by atoms with van der Waals surface area (Å²) >= 11 is 0. The molecule has 1 saturated carbocycles.